The van der Waals surface area contributed by atoms with Gasteiger partial charge < -0.3 is 10.3 Å². The lowest BCUT2D eigenvalue weighted by atomic mass is 10.1. The molecule has 1 aromatic carbocycles. The molecule has 1 aromatic heterocycles. The van der Waals surface area contributed by atoms with Crippen molar-refractivity contribution in [2.75, 3.05) is 12.3 Å². The van der Waals surface area contributed by atoms with Gasteiger partial charge in [0.2, 0.25) is 5.91 Å². The normalized spacial score (nSPS) is 10.3. The lowest BCUT2D eigenvalue weighted by molar-refractivity contribution is -0.118. The molecule has 0 radical (unpaired) electrons. The number of aromatic nitrogens is 2. The maximum Gasteiger partial charge on any atom is 0.251 e. The summed E-state index contributed by atoms with van der Waals surface area (Å²) in [6.45, 7) is 0.555. The van der Waals surface area contributed by atoms with Crippen molar-refractivity contribution >= 4 is 29.3 Å². The summed E-state index contributed by atoms with van der Waals surface area (Å²) in [5, 5.41) is 3.96. The quantitative estimate of drug-likeness (QED) is 0.628. The number of hydrogen-bond acceptors (Lipinski definition) is 4. The molecule has 0 aliphatic rings. The Morgan fingerprint density at radius 2 is 2.05 bits per heavy atom. The van der Waals surface area contributed by atoms with Gasteiger partial charge in [-0.1, -0.05) is 35.5 Å². The molecule has 110 valence electrons. The van der Waals surface area contributed by atoms with Crippen LogP contribution in [-0.2, 0) is 11.2 Å². The van der Waals surface area contributed by atoms with E-state index in [-0.39, 0.29) is 17.2 Å². The molecule has 0 atom stereocenters. The summed E-state index contributed by atoms with van der Waals surface area (Å²) < 4.78 is 0. The number of benzene rings is 1. The second-order valence-corrected chi connectivity index (χ2v) is 5.65. The van der Waals surface area contributed by atoms with Crippen LogP contribution in [0.5, 0.6) is 0 Å². The maximum atomic E-state index is 11.7. The number of nitrogens with one attached hydrogen (secondary N) is 2. The van der Waals surface area contributed by atoms with Crippen molar-refractivity contribution < 1.29 is 4.79 Å². The Morgan fingerprint density at radius 3 is 2.76 bits per heavy atom. The zero-order valence-corrected chi connectivity index (χ0v) is 12.7. The van der Waals surface area contributed by atoms with Crippen LogP contribution in [0.15, 0.2) is 46.5 Å². The van der Waals surface area contributed by atoms with Crippen LogP contribution in [0, 0.1) is 0 Å². The van der Waals surface area contributed by atoms with E-state index in [9.17, 15) is 9.59 Å². The first kappa shape index (κ1) is 15.6. The molecule has 2 aromatic rings. The SMILES string of the molecule is O=C(CSc1nccc(=O)[nH]1)NCCc1ccc(Cl)cc1. The summed E-state index contributed by atoms with van der Waals surface area (Å²) in [6.07, 6.45) is 2.16. The Balaban J connectivity index is 1.70. The van der Waals surface area contributed by atoms with E-state index >= 15 is 0 Å². The Kier molecular flexibility index (Phi) is 5.83. The number of nitrogens with zero attached hydrogens (tertiary/aromatic N) is 1. The lowest BCUT2D eigenvalue weighted by Gasteiger charge is -2.05. The Bertz CT molecular complexity index is 658. The van der Waals surface area contributed by atoms with E-state index in [4.69, 9.17) is 11.6 Å². The van der Waals surface area contributed by atoms with Crippen LogP contribution in [0.1, 0.15) is 5.56 Å². The average Bonchev–Trinajstić information content (AvgIpc) is 2.47. The number of carbonyl (C=O) groups excluding carboxylic acids is 1. The predicted octanol–water partition coefficient (Wildman–Crippen LogP) is 1.87. The van der Waals surface area contributed by atoms with Crippen molar-refractivity contribution in [1.82, 2.24) is 15.3 Å². The summed E-state index contributed by atoms with van der Waals surface area (Å²) in [4.78, 5) is 29.3. The second-order valence-electron chi connectivity index (χ2n) is 4.25. The molecule has 0 aliphatic heterocycles. The molecule has 5 nitrogen and oxygen atoms in total. The van der Waals surface area contributed by atoms with Crippen molar-refractivity contribution in [2.45, 2.75) is 11.6 Å². The van der Waals surface area contributed by atoms with Crippen molar-refractivity contribution in [2.24, 2.45) is 0 Å². The number of halogens is 1. The van der Waals surface area contributed by atoms with Gasteiger partial charge >= 0.3 is 0 Å². The number of amides is 1. The molecular formula is C14H14ClN3O2S. The van der Waals surface area contributed by atoms with Crippen LogP contribution < -0.4 is 10.9 Å². The smallest absolute Gasteiger partial charge is 0.251 e. The minimum Gasteiger partial charge on any atom is -0.355 e. The average molecular weight is 324 g/mol. The largest absolute Gasteiger partial charge is 0.355 e. The van der Waals surface area contributed by atoms with Gasteiger partial charge in [0.25, 0.3) is 5.56 Å². The zero-order valence-electron chi connectivity index (χ0n) is 11.1. The van der Waals surface area contributed by atoms with Crippen molar-refractivity contribution in [3.8, 4) is 0 Å². The van der Waals surface area contributed by atoms with Crippen LogP contribution in [-0.4, -0.2) is 28.2 Å². The Hall–Kier alpha value is -1.79. The van der Waals surface area contributed by atoms with Gasteiger partial charge in [-0.05, 0) is 24.1 Å². The summed E-state index contributed by atoms with van der Waals surface area (Å²) in [5.41, 5.74) is 0.886. The van der Waals surface area contributed by atoms with E-state index in [1.807, 2.05) is 24.3 Å². The molecule has 7 heteroatoms. The lowest BCUT2D eigenvalue weighted by Crippen LogP contribution is -2.27. The minimum absolute atomic E-state index is 0.0968. The number of thioether (sulfide) groups is 1. The third-order valence-corrected chi connectivity index (χ3v) is 3.78. The van der Waals surface area contributed by atoms with Gasteiger partial charge in [0.15, 0.2) is 5.16 Å². The number of H-pyrrole nitrogens is 1. The zero-order chi connectivity index (χ0) is 15.1. The third kappa shape index (κ3) is 5.61. The van der Waals surface area contributed by atoms with Gasteiger partial charge in [-0.15, -0.1) is 0 Å². The van der Waals surface area contributed by atoms with Gasteiger partial charge in [-0.3, -0.25) is 9.59 Å². The Morgan fingerprint density at radius 1 is 1.29 bits per heavy atom. The van der Waals surface area contributed by atoms with Crippen molar-refractivity contribution in [1.29, 1.82) is 0 Å². The first-order valence-electron chi connectivity index (χ1n) is 6.33. The minimum atomic E-state index is -0.226. The first-order chi connectivity index (χ1) is 10.1. The summed E-state index contributed by atoms with van der Waals surface area (Å²) in [7, 11) is 0. The number of aromatic amines is 1. The van der Waals surface area contributed by atoms with E-state index in [1.54, 1.807) is 0 Å². The predicted molar refractivity (Wildman–Crippen MR) is 83.7 cm³/mol. The van der Waals surface area contributed by atoms with Gasteiger partial charge in [0, 0.05) is 23.8 Å². The number of carbonyl (C=O) groups is 1. The highest BCUT2D eigenvalue weighted by atomic mass is 35.5. The van der Waals surface area contributed by atoms with Crippen LogP contribution in [0.3, 0.4) is 0 Å². The maximum absolute atomic E-state index is 11.7. The van der Waals surface area contributed by atoms with Crippen LogP contribution in [0.25, 0.3) is 0 Å². The highest BCUT2D eigenvalue weighted by Crippen LogP contribution is 2.10. The molecule has 2 rings (SSSR count). The van der Waals surface area contributed by atoms with E-state index in [0.717, 1.165) is 12.0 Å². The molecule has 0 aliphatic carbocycles. The van der Waals surface area contributed by atoms with Gasteiger partial charge in [0.05, 0.1) is 5.75 Å². The van der Waals surface area contributed by atoms with Crippen molar-refractivity contribution in [3.63, 3.8) is 0 Å². The molecule has 0 spiro atoms. The molecule has 1 amide bonds. The fourth-order valence-electron chi connectivity index (χ4n) is 1.61. The molecule has 1 heterocycles. The van der Waals surface area contributed by atoms with Crippen LogP contribution in [0.4, 0.5) is 0 Å². The van der Waals surface area contributed by atoms with Crippen molar-refractivity contribution in [3.05, 3.63) is 57.5 Å². The molecule has 0 unspecified atom stereocenters. The van der Waals surface area contributed by atoms with Gasteiger partial charge in [-0.25, -0.2) is 4.98 Å². The highest BCUT2D eigenvalue weighted by Gasteiger charge is 2.04. The summed E-state index contributed by atoms with van der Waals surface area (Å²) in [6, 6.07) is 8.85. The van der Waals surface area contributed by atoms with Crippen LogP contribution in [0.2, 0.25) is 5.02 Å². The first-order valence-corrected chi connectivity index (χ1v) is 7.69. The molecule has 0 saturated carbocycles. The fourth-order valence-corrected chi connectivity index (χ4v) is 2.41. The Labute approximate surface area is 131 Å². The number of rotatable bonds is 6. The van der Waals surface area contributed by atoms with Gasteiger partial charge in [0.1, 0.15) is 0 Å². The van der Waals surface area contributed by atoms with Gasteiger partial charge in [-0.2, -0.15) is 0 Å². The van der Waals surface area contributed by atoms with E-state index < -0.39 is 0 Å². The second kappa shape index (κ2) is 7.85. The topological polar surface area (TPSA) is 74.8 Å². The third-order valence-electron chi connectivity index (χ3n) is 2.64. The van der Waals surface area contributed by atoms with E-state index in [1.165, 1.54) is 24.0 Å². The fraction of sp³-hybridized carbons (Fsp3) is 0.214. The molecule has 0 fully saturated rings. The standard InChI is InChI=1S/C14H14ClN3O2S/c15-11-3-1-10(2-4-11)5-7-16-13(20)9-21-14-17-8-6-12(19)18-14/h1-4,6,8H,5,7,9H2,(H,16,20)(H,17,18,19). The molecule has 21 heavy (non-hydrogen) atoms. The van der Waals surface area contributed by atoms with E-state index in [2.05, 4.69) is 15.3 Å². The highest BCUT2D eigenvalue weighted by molar-refractivity contribution is 7.99. The van der Waals surface area contributed by atoms with E-state index in [0.29, 0.717) is 16.7 Å². The summed E-state index contributed by atoms with van der Waals surface area (Å²) >= 11 is 7.00. The molecule has 0 bridgehead atoms. The molecule has 2 N–H and O–H groups in total. The van der Waals surface area contributed by atoms with Crippen LogP contribution >= 0.6 is 23.4 Å². The molecular weight excluding hydrogens is 310 g/mol. The number of hydrogen-bond donors (Lipinski definition) is 2. The summed E-state index contributed by atoms with van der Waals surface area (Å²) in [5.74, 6) is 0.119. The molecule has 0 saturated heterocycles. The monoisotopic (exact) mass is 323 g/mol.